The first-order valence-corrected chi connectivity index (χ1v) is 12.6. The van der Waals surface area contributed by atoms with Gasteiger partial charge in [-0.3, -0.25) is 14.8 Å². The predicted octanol–water partition coefficient (Wildman–Crippen LogP) is 5.24. The van der Waals surface area contributed by atoms with Crippen LogP contribution < -0.4 is 4.74 Å². The average Bonchev–Trinajstić information content (AvgIpc) is 2.87. The minimum atomic E-state index is -1.18. The third-order valence-electron chi connectivity index (χ3n) is 6.58. The molecule has 1 aliphatic rings. The maximum atomic E-state index is 15.4. The fourth-order valence-electron chi connectivity index (χ4n) is 4.68. The van der Waals surface area contributed by atoms with Gasteiger partial charge in [0.25, 0.3) is 0 Å². The summed E-state index contributed by atoms with van der Waals surface area (Å²) < 4.78 is 20.6. The van der Waals surface area contributed by atoms with Crippen LogP contribution >= 0.6 is 11.8 Å². The Balaban J connectivity index is 1.34. The van der Waals surface area contributed by atoms with E-state index in [1.54, 1.807) is 37.3 Å². The molecule has 0 aliphatic carbocycles. The quantitative estimate of drug-likeness (QED) is 0.395. The van der Waals surface area contributed by atoms with Crippen LogP contribution in [0, 0.1) is 11.8 Å². The molecule has 1 fully saturated rings. The Kier molecular flexibility index (Phi) is 8.34. The van der Waals surface area contributed by atoms with Crippen molar-refractivity contribution in [2.75, 3.05) is 32.5 Å². The number of methoxy groups -OCH3 is 1. The van der Waals surface area contributed by atoms with Crippen LogP contribution in [0.25, 0.3) is 10.9 Å². The van der Waals surface area contributed by atoms with E-state index in [1.807, 2.05) is 36.5 Å². The van der Waals surface area contributed by atoms with Crippen molar-refractivity contribution in [2.45, 2.75) is 30.3 Å². The normalized spacial score (nSPS) is 19.7. The summed E-state index contributed by atoms with van der Waals surface area (Å²) in [6, 6.07) is 11.1. The van der Waals surface area contributed by atoms with Crippen LogP contribution in [0.2, 0.25) is 0 Å². The van der Waals surface area contributed by atoms with E-state index in [1.165, 1.54) is 0 Å². The number of carboxylic acid groups (broad SMARTS) is 1. The molecule has 180 valence electrons. The molecule has 3 aromatic rings. The molecule has 0 spiro atoms. The van der Waals surface area contributed by atoms with Crippen molar-refractivity contribution in [3.63, 3.8) is 0 Å². The van der Waals surface area contributed by atoms with Gasteiger partial charge in [0, 0.05) is 47.7 Å². The highest BCUT2D eigenvalue weighted by Gasteiger charge is 2.34. The monoisotopic (exact) mass is 483 g/mol. The molecule has 0 unspecified atom stereocenters. The van der Waals surface area contributed by atoms with E-state index in [2.05, 4.69) is 14.9 Å². The summed E-state index contributed by atoms with van der Waals surface area (Å²) in [7, 11) is 1.58. The van der Waals surface area contributed by atoms with Crippen LogP contribution in [0.1, 0.15) is 31.0 Å². The minimum absolute atomic E-state index is 0.0272. The molecule has 3 heterocycles. The summed E-state index contributed by atoms with van der Waals surface area (Å²) in [5.41, 5.74) is 1.31. The molecule has 0 radical (unpaired) electrons. The first kappa shape index (κ1) is 24.4. The molecule has 8 heteroatoms. The molecule has 0 saturated carbocycles. The molecule has 2 aromatic heterocycles. The number of hydrogen-bond donors (Lipinski definition) is 1. The third-order valence-corrected chi connectivity index (χ3v) is 7.54. The number of alkyl halides is 1. The van der Waals surface area contributed by atoms with E-state index in [0.29, 0.717) is 30.7 Å². The summed E-state index contributed by atoms with van der Waals surface area (Å²) in [5, 5.41) is 10.6. The number of carboxylic acids is 1. The van der Waals surface area contributed by atoms with Crippen LogP contribution in [-0.4, -0.2) is 58.4 Å². The number of aromatic nitrogens is 2. The molecule has 4 rings (SSSR count). The summed E-state index contributed by atoms with van der Waals surface area (Å²) in [5.74, 6) is 0.255. The van der Waals surface area contributed by atoms with Crippen molar-refractivity contribution >= 4 is 28.6 Å². The lowest BCUT2D eigenvalue weighted by molar-refractivity contribution is -0.146. The van der Waals surface area contributed by atoms with Gasteiger partial charge in [-0.25, -0.2) is 4.39 Å². The van der Waals surface area contributed by atoms with E-state index in [4.69, 9.17) is 4.74 Å². The van der Waals surface area contributed by atoms with Gasteiger partial charge in [-0.1, -0.05) is 0 Å². The zero-order valence-electron chi connectivity index (χ0n) is 19.3. The maximum absolute atomic E-state index is 15.4. The van der Waals surface area contributed by atoms with Crippen LogP contribution in [0.4, 0.5) is 4.39 Å². The predicted molar refractivity (Wildman–Crippen MR) is 132 cm³/mol. The van der Waals surface area contributed by atoms with Crippen LogP contribution in [0.3, 0.4) is 0 Å². The molecular formula is C26H30FN3O3S. The molecule has 1 aliphatic heterocycles. The second kappa shape index (κ2) is 11.6. The summed E-state index contributed by atoms with van der Waals surface area (Å²) >= 11 is 1.72. The Morgan fingerprint density at radius 2 is 2.21 bits per heavy atom. The van der Waals surface area contributed by atoms with Crippen molar-refractivity contribution in [3.05, 3.63) is 60.6 Å². The van der Waals surface area contributed by atoms with Crippen molar-refractivity contribution in [3.8, 4) is 5.75 Å². The standard InChI is InChI=1S/C26H30FN3O3S/c1-33-19-5-7-25-22(15-19)21(8-11-29-25)24(27)6-4-18-9-12-30(17-23(18)26(31)32)13-14-34-20-3-2-10-28-16-20/h2-3,5,7-8,10-11,15-16,18,23-24H,4,6,9,12-14,17H2,1H3,(H,31,32)/t18-,23+,24-/m1/s1. The lowest BCUT2D eigenvalue weighted by Gasteiger charge is -2.36. The lowest BCUT2D eigenvalue weighted by Crippen LogP contribution is -2.44. The largest absolute Gasteiger partial charge is 0.497 e. The summed E-state index contributed by atoms with van der Waals surface area (Å²) in [4.78, 5) is 23.8. The second-order valence-electron chi connectivity index (χ2n) is 8.66. The average molecular weight is 484 g/mol. The molecule has 6 nitrogen and oxygen atoms in total. The number of thioether (sulfide) groups is 1. The number of benzene rings is 1. The van der Waals surface area contributed by atoms with Gasteiger partial charge in [0.2, 0.25) is 0 Å². The van der Waals surface area contributed by atoms with Gasteiger partial charge in [-0.15, -0.1) is 11.8 Å². The molecule has 0 bridgehead atoms. The highest BCUT2D eigenvalue weighted by molar-refractivity contribution is 7.99. The van der Waals surface area contributed by atoms with Gasteiger partial charge >= 0.3 is 5.97 Å². The van der Waals surface area contributed by atoms with Gasteiger partial charge in [0.05, 0.1) is 18.5 Å². The number of pyridine rings is 2. The first-order valence-electron chi connectivity index (χ1n) is 11.6. The SMILES string of the molecule is COc1ccc2nccc([C@H](F)CC[C@@H]3CCN(CCSc4cccnc4)C[C@@H]3C(=O)O)c2c1. The lowest BCUT2D eigenvalue weighted by atomic mass is 9.81. The highest BCUT2D eigenvalue weighted by Crippen LogP contribution is 2.35. The number of fused-ring (bicyclic) bond motifs is 1. The van der Waals surface area contributed by atoms with Crippen LogP contribution in [-0.2, 0) is 4.79 Å². The fraction of sp³-hybridized carbons (Fsp3) is 0.423. The number of halogens is 1. The van der Waals surface area contributed by atoms with E-state index in [9.17, 15) is 9.90 Å². The highest BCUT2D eigenvalue weighted by atomic mass is 32.2. The van der Waals surface area contributed by atoms with Gasteiger partial charge in [-0.05, 0) is 73.7 Å². The van der Waals surface area contributed by atoms with E-state index in [-0.39, 0.29) is 5.92 Å². The van der Waals surface area contributed by atoms with E-state index >= 15 is 4.39 Å². The number of hydrogen-bond acceptors (Lipinski definition) is 6. The molecule has 1 aromatic carbocycles. The maximum Gasteiger partial charge on any atom is 0.308 e. The van der Waals surface area contributed by atoms with Crippen molar-refractivity contribution in [2.24, 2.45) is 11.8 Å². The zero-order valence-corrected chi connectivity index (χ0v) is 20.1. The summed E-state index contributed by atoms with van der Waals surface area (Å²) in [6.07, 6.45) is 5.65. The number of likely N-dealkylation sites (tertiary alicyclic amines) is 1. The van der Waals surface area contributed by atoms with E-state index < -0.39 is 18.1 Å². The smallest absolute Gasteiger partial charge is 0.308 e. The summed E-state index contributed by atoms with van der Waals surface area (Å²) in [6.45, 7) is 2.18. The molecular weight excluding hydrogens is 453 g/mol. The van der Waals surface area contributed by atoms with E-state index in [0.717, 1.165) is 41.1 Å². The number of carbonyl (C=O) groups is 1. The Bertz CT molecular complexity index is 1100. The van der Waals surface area contributed by atoms with Gasteiger partial charge in [0.1, 0.15) is 11.9 Å². The Morgan fingerprint density at radius 1 is 1.32 bits per heavy atom. The zero-order chi connectivity index (χ0) is 23.9. The van der Waals surface area contributed by atoms with Crippen molar-refractivity contribution in [1.82, 2.24) is 14.9 Å². The fourth-order valence-corrected chi connectivity index (χ4v) is 5.58. The third kappa shape index (κ3) is 6.04. The van der Waals surface area contributed by atoms with Crippen molar-refractivity contribution < 1.29 is 19.0 Å². The second-order valence-corrected chi connectivity index (χ2v) is 9.83. The Morgan fingerprint density at radius 3 is 2.97 bits per heavy atom. The minimum Gasteiger partial charge on any atom is -0.497 e. The van der Waals surface area contributed by atoms with Crippen LogP contribution in [0.5, 0.6) is 5.75 Å². The first-order chi connectivity index (χ1) is 16.5. The number of rotatable bonds is 10. The Hall–Kier alpha value is -2.71. The van der Waals surface area contributed by atoms with Gasteiger partial charge in [0.15, 0.2) is 0 Å². The number of aliphatic carboxylic acids is 1. The number of nitrogens with zero attached hydrogens (tertiary/aromatic N) is 3. The molecule has 1 saturated heterocycles. The van der Waals surface area contributed by atoms with Crippen molar-refractivity contribution in [1.29, 1.82) is 0 Å². The van der Waals surface area contributed by atoms with Crippen LogP contribution in [0.15, 0.2) is 59.9 Å². The Labute approximate surface area is 203 Å². The topological polar surface area (TPSA) is 75.5 Å². The molecule has 3 atom stereocenters. The number of piperidine rings is 1. The van der Waals surface area contributed by atoms with Gasteiger partial charge < -0.3 is 14.7 Å². The molecule has 1 N–H and O–H groups in total. The molecule has 0 amide bonds. The number of ether oxygens (including phenoxy) is 1. The van der Waals surface area contributed by atoms with Gasteiger partial charge in [-0.2, -0.15) is 0 Å². The molecule has 34 heavy (non-hydrogen) atoms.